The first-order valence-electron chi connectivity index (χ1n) is 7.55. The van der Waals surface area contributed by atoms with Crippen molar-refractivity contribution in [2.75, 3.05) is 0 Å². The first kappa shape index (κ1) is 13.7. The predicted molar refractivity (Wildman–Crippen MR) is 84.7 cm³/mol. The minimum atomic E-state index is 0.209. The fourth-order valence-electron chi connectivity index (χ4n) is 3.26. The fraction of sp³-hybridized carbons (Fsp3) is 0.529. The second kappa shape index (κ2) is 4.90. The van der Waals surface area contributed by atoms with E-state index in [1.54, 1.807) is 0 Å². The van der Waals surface area contributed by atoms with Crippen LogP contribution in [0.25, 0.3) is 10.9 Å². The Morgan fingerprint density at radius 1 is 1.15 bits per heavy atom. The van der Waals surface area contributed by atoms with Gasteiger partial charge in [0.2, 0.25) is 0 Å². The van der Waals surface area contributed by atoms with Crippen molar-refractivity contribution in [3.63, 3.8) is 0 Å². The Kier molecular flexibility index (Phi) is 3.35. The third-order valence-corrected chi connectivity index (χ3v) is 4.41. The average molecular weight is 271 g/mol. The topological polar surface area (TPSA) is 34.2 Å². The van der Waals surface area contributed by atoms with Crippen LogP contribution in [0.5, 0.6) is 0 Å². The molecule has 1 aliphatic rings. The van der Waals surface area contributed by atoms with Gasteiger partial charge in [0.15, 0.2) is 0 Å². The Morgan fingerprint density at radius 3 is 2.40 bits per heavy atom. The third kappa shape index (κ3) is 2.25. The van der Waals surface area contributed by atoms with E-state index in [1.165, 1.54) is 27.6 Å². The molecule has 0 bridgehead atoms. The first-order valence-corrected chi connectivity index (χ1v) is 7.55. The van der Waals surface area contributed by atoms with Gasteiger partial charge in [0.05, 0.1) is 0 Å². The summed E-state index contributed by atoms with van der Waals surface area (Å²) in [6, 6.07) is 5.58. The molecule has 0 saturated carbocycles. The first-order chi connectivity index (χ1) is 9.45. The predicted octanol–water partition coefficient (Wildman–Crippen LogP) is 2.79. The molecule has 3 heteroatoms. The minimum absolute atomic E-state index is 0.209. The number of benzene rings is 1. The largest absolute Gasteiger partial charge is 0.350 e. The van der Waals surface area contributed by atoms with Gasteiger partial charge in [-0.15, -0.1) is 0 Å². The molecule has 2 heterocycles. The van der Waals surface area contributed by atoms with Crippen LogP contribution >= 0.6 is 0 Å². The number of rotatable bonds is 3. The minimum Gasteiger partial charge on any atom is -0.350 e. The van der Waals surface area contributed by atoms with Crippen LogP contribution in [-0.4, -0.2) is 21.6 Å². The average Bonchev–Trinajstić information content (AvgIpc) is 2.89. The molecular weight excluding hydrogens is 246 g/mol. The van der Waals surface area contributed by atoms with Crippen molar-refractivity contribution in [3.8, 4) is 0 Å². The Labute approximate surface area is 121 Å². The molecule has 0 aliphatic carbocycles. The molecule has 20 heavy (non-hydrogen) atoms. The summed E-state index contributed by atoms with van der Waals surface area (Å²) in [5.41, 5.74) is 11.7. The van der Waals surface area contributed by atoms with Gasteiger partial charge in [0, 0.05) is 49.3 Å². The quantitative estimate of drug-likeness (QED) is 0.931. The van der Waals surface area contributed by atoms with Gasteiger partial charge in [-0.25, -0.2) is 0 Å². The van der Waals surface area contributed by atoms with E-state index in [9.17, 15) is 0 Å². The summed E-state index contributed by atoms with van der Waals surface area (Å²) in [6.07, 6.45) is 3.19. The number of hydrogen-bond acceptors (Lipinski definition) is 2. The van der Waals surface area contributed by atoms with Crippen LogP contribution in [-0.2, 0) is 26.6 Å². The SMILES string of the molecule is CC(N)Cc1cn(C)c2cc3c(cc12)CN(C(C)C)C3. The Balaban J connectivity index is 2.05. The Hall–Kier alpha value is -1.32. The molecule has 1 aromatic heterocycles. The number of fused-ring (bicyclic) bond motifs is 2. The van der Waals surface area contributed by atoms with E-state index < -0.39 is 0 Å². The van der Waals surface area contributed by atoms with Gasteiger partial charge in [0.1, 0.15) is 0 Å². The number of hydrogen-bond donors (Lipinski definition) is 1. The molecule has 0 amide bonds. The van der Waals surface area contributed by atoms with Gasteiger partial charge in [0.25, 0.3) is 0 Å². The summed E-state index contributed by atoms with van der Waals surface area (Å²) in [5.74, 6) is 0. The second-order valence-corrected chi connectivity index (χ2v) is 6.58. The summed E-state index contributed by atoms with van der Waals surface area (Å²) in [6.45, 7) is 8.78. The maximum atomic E-state index is 5.98. The zero-order valence-electron chi connectivity index (χ0n) is 13.0. The number of nitrogens with two attached hydrogens (primary N) is 1. The van der Waals surface area contributed by atoms with Crippen LogP contribution in [0.3, 0.4) is 0 Å². The lowest BCUT2D eigenvalue weighted by Gasteiger charge is -2.18. The van der Waals surface area contributed by atoms with Crippen molar-refractivity contribution in [2.24, 2.45) is 12.8 Å². The van der Waals surface area contributed by atoms with Gasteiger partial charge in [-0.2, -0.15) is 0 Å². The lowest BCUT2D eigenvalue weighted by Crippen LogP contribution is -2.24. The number of aryl methyl sites for hydroxylation is 1. The standard InChI is InChI=1S/C17H25N3/c1-11(2)20-9-13-6-16-15(5-12(3)18)8-19(4)17(16)7-14(13)10-20/h6-8,11-12H,5,9-10,18H2,1-4H3. The van der Waals surface area contributed by atoms with Crippen molar-refractivity contribution in [2.45, 2.75) is 52.4 Å². The van der Waals surface area contributed by atoms with Gasteiger partial charge in [-0.1, -0.05) is 0 Å². The van der Waals surface area contributed by atoms with Crippen LogP contribution in [0, 0.1) is 0 Å². The molecule has 2 N–H and O–H groups in total. The van der Waals surface area contributed by atoms with Crippen LogP contribution in [0.2, 0.25) is 0 Å². The van der Waals surface area contributed by atoms with Crippen molar-refractivity contribution in [1.82, 2.24) is 9.47 Å². The molecule has 0 spiro atoms. The lowest BCUT2D eigenvalue weighted by atomic mass is 10.0. The highest BCUT2D eigenvalue weighted by Crippen LogP contribution is 2.31. The van der Waals surface area contributed by atoms with E-state index in [0.717, 1.165) is 19.5 Å². The maximum Gasteiger partial charge on any atom is 0.0484 e. The van der Waals surface area contributed by atoms with Crippen molar-refractivity contribution in [1.29, 1.82) is 0 Å². The summed E-state index contributed by atoms with van der Waals surface area (Å²) in [7, 11) is 2.13. The Bertz CT molecular complexity index is 637. The molecule has 1 atom stereocenters. The van der Waals surface area contributed by atoms with E-state index in [-0.39, 0.29) is 6.04 Å². The molecular formula is C17H25N3. The molecule has 0 radical (unpaired) electrons. The molecule has 1 aromatic carbocycles. The molecule has 3 rings (SSSR count). The van der Waals surface area contributed by atoms with E-state index in [1.807, 2.05) is 0 Å². The highest BCUT2D eigenvalue weighted by atomic mass is 15.2. The van der Waals surface area contributed by atoms with Gasteiger partial charge < -0.3 is 10.3 Å². The van der Waals surface area contributed by atoms with Crippen molar-refractivity contribution >= 4 is 10.9 Å². The van der Waals surface area contributed by atoms with Crippen molar-refractivity contribution in [3.05, 3.63) is 35.0 Å². The van der Waals surface area contributed by atoms with Crippen LogP contribution in [0.1, 0.15) is 37.5 Å². The van der Waals surface area contributed by atoms with E-state index in [2.05, 4.69) is 55.6 Å². The third-order valence-electron chi connectivity index (χ3n) is 4.41. The number of nitrogens with zero attached hydrogens (tertiary/aromatic N) is 2. The van der Waals surface area contributed by atoms with Gasteiger partial charge in [-0.3, -0.25) is 4.90 Å². The molecule has 3 nitrogen and oxygen atoms in total. The Morgan fingerprint density at radius 2 is 1.80 bits per heavy atom. The summed E-state index contributed by atoms with van der Waals surface area (Å²) in [4.78, 5) is 2.52. The fourth-order valence-corrected chi connectivity index (χ4v) is 3.26. The van der Waals surface area contributed by atoms with Gasteiger partial charge >= 0.3 is 0 Å². The van der Waals surface area contributed by atoms with Crippen LogP contribution in [0.15, 0.2) is 18.3 Å². The highest BCUT2D eigenvalue weighted by molar-refractivity contribution is 5.86. The normalized spacial score (nSPS) is 17.1. The van der Waals surface area contributed by atoms with Crippen molar-refractivity contribution < 1.29 is 0 Å². The molecule has 1 aliphatic heterocycles. The monoisotopic (exact) mass is 271 g/mol. The van der Waals surface area contributed by atoms with Crippen LogP contribution < -0.4 is 5.73 Å². The zero-order chi connectivity index (χ0) is 14.4. The molecule has 0 fully saturated rings. The van der Waals surface area contributed by atoms with Crippen LogP contribution in [0.4, 0.5) is 0 Å². The molecule has 0 saturated heterocycles. The summed E-state index contributed by atoms with van der Waals surface area (Å²) >= 11 is 0. The zero-order valence-corrected chi connectivity index (χ0v) is 13.0. The smallest absolute Gasteiger partial charge is 0.0484 e. The molecule has 1 unspecified atom stereocenters. The summed E-state index contributed by atoms with van der Waals surface area (Å²) < 4.78 is 2.24. The van der Waals surface area contributed by atoms with E-state index in [0.29, 0.717) is 6.04 Å². The summed E-state index contributed by atoms with van der Waals surface area (Å²) in [5, 5.41) is 1.38. The van der Waals surface area contributed by atoms with E-state index in [4.69, 9.17) is 5.73 Å². The van der Waals surface area contributed by atoms with E-state index >= 15 is 0 Å². The molecule has 108 valence electrons. The van der Waals surface area contributed by atoms with Gasteiger partial charge in [-0.05, 0) is 56.0 Å². The highest BCUT2D eigenvalue weighted by Gasteiger charge is 2.22. The molecule has 2 aromatic rings. The lowest BCUT2D eigenvalue weighted by molar-refractivity contribution is 0.227. The second-order valence-electron chi connectivity index (χ2n) is 6.58. The maximum absolute atomic E-state index is 5.98. The number of aromatic nitrogens is 1.